The molecule has 0 amide bonds. The van der Waals surface area contributed by atoms with E-state index in [0.29, 0.717) is 12.8 Å². The number of allylic oxidation sites excluding steroid dienone is 8. The number of rotatable bonds is 18. The quantitative estimate of drug-likeness (QED) is 0.0410. The van der Waals surface area contributed by atoms with Crippen LogP contribution in [0, 0.1) is 17.8 Å². The van der Waals surface area contributed by atoms with Gasteiger partial charge in [-0.3, -0.25) is 0 Å². The zero-order chi connectivity index (χ0) is 30.1. The molecule has 0 spiro atoms. The summed E-state index contributed by atoms with van der Waals surface area (Å²) in [7, 11) is 0. The molecule has 8 nitrogen and oxygen atoms in total. The Morgan fingerprint density at radius 1 is 0.683 bits per heavy atom. The lowest BCUT2D eigenvalue weighted by atomic mass is 9.75. The van der Waals surface area contributed by atoms with Crippen molar-refractivity contribution in [1.82, 2.24) is 0 Å². The summed E-state index contributed by atoms with van der Waals surface area (Å²) in [5.74, 6) is -2.49. The SMILES string of the molecule is CC=CC=CC(=O)OOC(=O)CCCCCCCC1C=CC(CCCCCC)C(C(=O)OOC(=O)C=CC=CC)C1. The molecule has 0 radical (unpaired) electrons. The van der Waals surface area contributed by atoms with Gasteiger partial charge in [0.25, 0.3) is 0 Å². The zero-order valence-electron chi connectivity index (χ0n) is 25.0. The Kier molecular flexibility index (Phi) is 20.2. The minimum Gasteiger partial charge on any atom is -0.247 e. The average molecular weight is 573 g/mol. The highest BCUT2D eigenvalue weighted by Gasteiger charge is 2.34. The maximum absolute atomic E-state index is 12.9. The number of carbonyl (C=O) groups excluding carboxylic acids is 4. The molecule has 8 heteroatoms. The highest BCUT2D eigenvalue weighted by molar-refractivity contribution is 5.83. The highest BCUT2D eigenvalue weighted by atomic mass is 17.2. The number of unbranched alkanes of at least 4 members (excludes halogenated alkanes) is 7. The monoisotopic (exact) mass is 572 g/mol. The molecule has 1 aliphatic carbocycles. The lowest BCUT2D eigenvalue weighted by Gasteiger charge is -2.30. The first-order chi connectivity index (χ1) is 19.9. The van der Waals surface area contributed by atoms with Gasteiger partial charge in [0.1, 0.15) is 0 Å². The molecule has 0 fully saturated rings. The molecule has 0 aromatic rings. The molecule has 0 aliphatic heterocycles. The molecule has 0 N–H and O–H groups in total. The van der Waals surface area contributed by atoms with Crippen molar-refractivity contribution in [2.75, 3.05) is 0 Å². The van der Waals surface area contributed by atoms with Crippen LogP contribution in [0.15, 0.2) is 60.8 Å². The second-order valence-corrected chi connectivity index (χ2v) is 10.2. The lowest BCUT2D eigenvalue weighted by molar-refractivity contribution is -0.259. The van der Waals surface area contributed by atoms with Crippen LogP contribution in [0.5, 0.6) is 0 Å². The van der Waals surface area contributed by atoms with E-state index in [-0.39, 0.29) is 24.2 Å². The second kappa shape index (κ2) is 23.3. The smallest absolute Gasteiger partial charge is 0.247 e. The number of hydrogen-bond acceptors (Lipinski definition) is 8. The highest BCUT2D eigenvalue weighted by Crippen LogP contribution is 2.35. The third kappa shape index (κ3) is 17.8. The first kappa shape index (κ1) is 35.6. The summed E-state index contributed by atoms with van der Waals surface area (Å²) in [6.07, 6.45) is 28.4. The van der Waals surface area contributed by atoms with Crippen molar-refractivity contribution in [3.8, 4) is 0 Å². The largest absolute Gasteiger partial charge is 0.379 e. The van der Waals surface area contributed by atoms with E-state index in [1.807, 2.05) is 13.8 Å². The maximum Gasteiger partial charge on any atom is 0.379 e. The van der Waals surface area contributed by atoms with Crippen molar-refractivity contribution in [2.45, 2.75) is 104 Å². The van der Waals surface area contributed by atoms with Gasteiger partial charge in [-0.05, 0) is 51.4 Å². The van der Waals surface area contributed by atoms with Gasteiger partial charge in [-0.2, -0.15) is 0 Å². The minimum atomic E-state index is -0.732. The Hall–Kier alpha value is -3.42. The third-order valence-corrected chi connectivity index (χ3v) is 6.85. The maximum atomic E-state index is 12.9. The molecule has 3 atom stereocenters. The molecule has 0 aromatic heterocycles. The van der Waals surface area contributed by atoms with Crippen LogP contribution in [-0.4, -0.2) is 23.9 Å². The van der Waals surface area contributed by atoms with E-state index in [1.54, 1.807) is 24.3 Å². The molecule has 0 bridgehead atoms. The Balaban J connectivity index is 2.40. The van der Waals surface area contributed by atoms with Crippen LogP contribution in [0.1, 0.15) is 104 Å². The fourth-order valence-electron chi connectivity index (χ4n) is 4.63. The molecule has 0 saturated heterocycles. The summed E-state index contributed by atoms with van der Waals surface area (Å²) in [5.41, 5.74) is 0. The Labute approximate surface area is 245 Å². The molecule has 0 heterocycles. The fraction of sp³-hybridized carbons (Fsp3) is 0.576. The van der Waals surface area contributed by atoms with E-state index >= 15 is 0 Å². The van der Waals surface area contributed by atoms with Crippen molar-refractivity contribution in [3.05, 3.63) is 60.8 Å². The van der Waals surface area contributed by atoms with Crippen LogP contribution in [-0.2, 0) is 38.7 Å². The second-order valence-electron chi connectivity index (χ2n) is 10.2. The van der Waals surface area contributed by atoms with Gasteiger partial charge in [-0.15, -0.1) is 0 Å². The molecular weight excluding hydrogens is 524 g/mol. The molecule has 41 heavy (non-hydrogen) atoms. The van der Waals surface area contributed by atoms with Crippen molar-refractivity contribution in [1.29, 1.82) is 0 Å². The van der Waals surface area contributed by atoms with E-state index in [0.717, 1.165) is 57.8 Å². The van der Waals surface area contributed by atoms with Crippen molar-refractivity contribution < 1.29 is 38.7 Å². The molecular formula is C33H48O8. The van der Waals surface area contributed by atoms with E-state index in [2.05, 4.69) is 28.9 Å². The van der Waals surface area contributed by atoms with E-state index in [9.17, 15) is 19.2 Å². The Morgan fingerprint density at radius 2 is 1.27 bits per heavy atom. The lowest BCUT2D eigenvalue weighted by Crippen LogP contribution is -2.30. The standard InChI is InChI=1S/C33H48O8/c1-4-7-10-17-20-28-25-24-27(26-29(28)33(37)41-40-32(36)22-15-9-6-3)19-16-12-11-13-18-23-31(35)39-38-30(34)21-14-8-5-2/h5-6,8-9,14-15,21-22,24-25,27-29H,4,7,10-13,16-20,23,26H2,1-3H3. The summed E-state index contributed by atoms with van der Waals surface area (Å²) in [6.45, 7) is 5.82. The van der Waals surface area contributed by atoms with Crippen LogP contribution in [0.3, 0.4) is 0 Å². The third-order valence-electron chi connectivity index (χ3n) is 6.85. The average Bonchev–Trinajstić information content (AvgIpc) is 2.97. The van der Waals surface area contributed by atoms with E-state index < -0.39 is 23.9 Å². The van der Waals surface area contributed by atoms with Gasteiger partial charge in [-0.1, -0.05) is 107 Å². The minimum absolute atomic E-state index is 0.0797. The normalized spacial score (nSPS) is 18.9. The molecule has 228 valence electrons. The van der Waals surface area contributed by atoms with Crippen LogP contribution in [0.2, 0.25) is 0 Å². The van der Waals surface area contributed by atoms with Gasteiger partial charge in [-0.25, -0.2) is 38.7 Å². The first-order valence-corrected chi connectivity index (χ1v) is 15.0. The molecule has 3 unspecified atom stereocenters. The Morgan fingerprint density at radius 3 is 1.93 bits per heavy atom. The van der Waals surface area contributed by atoms with Crippen molar-refractivity contribution in [3.63, 3.8) is 0 Å². The molecule has 0 saturated carbocycles. The van der Waals surface area contributed by atoms with Gasteiger partial charge in [0.15, 0.2) is 0 Å². The summed E-state index contributed by atoms with van der Waals surface area (Å²) in [4.78, 5) is 66.4. The Bertz CT molecular complexity index is 928. The molecule has 1 aliphatic rings. The first-order valence-electron chi connectivity index (χ1n) is 15.0. The zero-order valence-corrected chi connectivity index (χ0v) is 25.0. The molecule has 1 rings (SSSR count). The predicted octanol–water partition coefficient (Wildman–Crippen LogP) is 7.76. The van der Waals surface area contributed by atoms with Crippen LogP contribution >= 0.6 is 0 Å². The number of carbonyl (C=O) groups is 4. The van der Waals surface area contributed by atoms with Crippen molar-refractivity contribution in [2.24, 2.45) is 17.8 Å². The summed E-state index contributed by atoms with van der Waals surface area (Å²) in [6, 6.07) is 0. The fourth-order valence-corrected chi connectivity index (χ4v) is 4.63. The van der Waals surface area contributed by atoms with Gasteiger partial charge in [0.05, 0.1) is 12.3 Å². The van der Waals surface area contributed by atoms with Gasteiger partial charge in [0, 0.05) is 12.2 Å². The van der Waals surface area contributed by atoms with Gasteiger partial charge in [0.2, 0.25) is 0 Å². The van der Waals surface area contributed by atoms with Crippen LogP contribution < -0.4 is 0 Å². The van der Waals surface area contributed by atoms with E-state index in [1.165, 1.54) is 30.7 Å². The van der Waals surface area contributed by atoms with Gasteiger partial charge < -0.3 is 0 Å². The van der Waals surface area contributed by atoms with Crippen molar-refractivity contribution >= 4 is 23.9 Å². The van der Waals surface area contributed by atoms with Gasteiger partial charge >= 0.3 is 23.9 Å². The number of hydrogen-bond donors (Lipinski definition) is 0. The summed E-state index contributed by atoms with van der Waals surface area (Å²) >= 11 is 0. The summed E-state index contributed by atoms with van der Waals surface area (Å²) in [5, 5.41) is 0. The predicted molar refractivity (Wildman–Crippen MR) is 158 cm³/mol. The topological polar surface area (TPSA) is 105 Å². The van der Waals surface area contributed by atoms with Crippen LogP contribution in [0.25, 0.3) is 0 Å². The summed E-state index contributed by atoms with van der Waals surface area (Å²) < 4.78 is 0. The molecule has 0 aromatic carbocycles. The van der Waals surface area contributed by atoms with E-state index in [4.69, 9.17) is 9.78 Å². The van der Waals surface area contributed by atoms with Crippen LogP contribution in [0.4, 0.5) is 0 Å².